The Morgan fingerprint density at radius 1 is 0.933 bits per heavy atom. The van der Waals surface area contributed by atoms with Crippen LogP contribution in [0.15, 0.2) is 54.0 Å². The fraction of sp³-hybridized carbons (Fsp3) is 0.543. The monoisotopic (exact) mass is 631 g/mol. The molecule has 45 heavy (non-hydrogen) atoms. The standard InChI is InChI=1S/C35H45N5O4S/c41-33(37-23-28-16-9-21-45-28)30-24-39(35(43)44-31-17-7-12-26-13-8-18-36-32(26)31)19-20-40(30)34(42)29(22-25-10-3-1-4-11-25)38-27-14-5-2-6-15-27/h7-9,12-13,16-18,21,25,27,29-30,38H,1-6,10-11,14-15,19-20,22-24H2,(H,37,41)/t29-,30+/m1/s1. The Bertz CT molecular complexity index is 1410. The number of thiophene rings is 1. The van der Waals surface area contributed by atoms with Crippen LogP contribution in [0.5, 0.6) is 5.75 Å². The first kappa shape index (κ1) is 31.5. The summed E-state index contributed by atoms with van der Waals surface area (Å²) in [7, 11) is 0. The molecule has 9 nitrogen and oxygen atoms in total. The van der Waals surface area contributed by atoms with Crippen molar-refractivity contribution < 1.29 is 19.1 Å². The molecule has 3 aliphatic rings. The second-order valence-electron chi connectivity index (χ2n) is 12.8. The Labute approximate surface area is 269 Å². The number of aromatic nitrogens is 1. The smallest absolute Gasteiger partial charge is 0.408 e. The molecule has 2 saturated carbocycles. The summed E-state index contributed by atoms with van der Waals surface area (Å²) in [5.41, 5.74) is 0.603. The molecule has 3 amide bonds. The van der Waals surface area contributed by atoms with Crippen molar-refractivity contribution in [2.75, 3.05) is 19.6 Å². The van der Waals surface area contributed by atoms with E-state index >= 15 is 0 Å². The highest BCUT2D eigenvalue weighted by Crippen LogP contribution is 2.30. The molecule has 2 atom stereocenters. The van der Waals surface area contributed by atoms with Crippen molar-refractivity contribution in [3.63, 3.8) is 0 Å². The number of amides is 3. The lowest BCUT2D eigenvalue weighted by molar-refractivity contribution is -0.145. The van der Waals surface area contributed by atoms with Crippen LogP contribution in [0.3, 0.4) is 0 Å². The van der Waals surface area contributed by atoms with Gasteiger partial charge in [0.25, 0.3) is 0 Å². The Morgan fingerprint density at radius 2 is 1.71 bits per heavy atom. The summed E-state index contributed by atoms with van der Waals surface area (Å²) in [5, 5.41) is 9.66. The number of nitrogens with one attached hydrogen (secondary N) is 2. The van der Waals surface area contributed by atoms with Gasteiger partial charge in [-0.25, -0.2) is 4.79 Å². The fourth-order valence-electron chi connectivity index (χ4n) is 7.21. The first-order valence-corrected chi connectivity index (χ1v) is 17.6. The van der Waals surface area contributed by atoms with E-state index in [1.54, 1.807) is 33.4 Å². The highest BCUT2D eigenvalue weighted by Gasteiger charge is 2.41. The van der Waals surface area contributed by atoms with Gasteiger partial charge in [0.2, 0.25) is 11.8 Å². The van der Waals surface area contributed by atoms with E-state index in [0.717, 1.165) is 42.4 Å². The average molecular weight is 632 g/mol. The van der Waals surface area contributed by atoms with Crippen LogP contribution in [0.4, 0.5) is 4.79 Å². The molecular weight excluding hydrogens is 586 g/mol. The number of carbonyl (C=O) groups is 3. The van der Waals surface area contributed by atoms with E-state index in [1.807, 2.05) is 41.8 Å². The van der Waals surface area contributed by atoms with Crippen LogP contribution in [0.1, 0.15) is 75.5 Å². The van der Waals surface area contributed by atoms with E-state index < -0.39 is 12.1 Å². The Kier molecular flexibility index (Phi) is 10.6. The highest BCUT2D eigenvalue weighted by molar-refractivity contribution is 7.09. The zero-order chi connectivity index (χ0) is 31.0. The van der Waals surface area contributed by atoms with E-state index in [4.69, 9.17) is 4.74 Å². The lowest BCUT2D eigenvalue weighted by Gasteiger charge is -2.42. The minimum atomic E-state index is -0.814. The molecule has 2 aromatic heterocycles. The van der Waals surface area contributed by atoms with Gasteiger partial charge < -0.3 is 25.2 Å². The van der Waals surface area contributed by atoms with Crippen molar-refractivity contribution in [3.8, 4) is 5.75 Å². The molecule has 0 unspecified atom stereocenters. The molecule has 2 aliphatic carbocycles. The zero-order valence-electron chi connectivity index (χ0n) is 26.0. The lowest BCUT2D eigenvalue weighted by atomic mass is 9.83. The number of hydrogen-bond donors (Lipinski definition) is 2. The van der Waals surface area contributed by atoms with Crippen molar-refractivity contribution in [3.05, 3.63) is 58.9 Å². The second kappa shape index (κ2) is 15.2. The van der Waals surface area contributed by atoms with Crippen LogP contribution in [0.2, 0.25) is 0 Å². The van der Waals surface area contributed by atoms with E-state index in [-0.39, 0.29) is 37.5 Å². The Balaban J connectivity index is 1.20. The minimum Gasteiger partial charge on any atom is -0.408 e. The van der Waals surface area contributed by atoms with Gasteiger partial charge >= 0.3 is 6.09 Å². The number of ether oxygens (including phenoxy) is 1. The lowest BCUT2D eigenvalue weighted by Crippen LogP contribution is -2.64. The number of piperazine rings is 1. The normalized spacial score (nSPS) is 20.6. The maximum absolute atomic E-state index is 14.4. The molecule has 1 aliphatic heterocycles. The molecule has 3 heterocycles. The van der Waals surface area contributed by atoms with Gasteiger partial charge in [-0.1, -0.05) is 75.6 Å². The summed E-state index contributed by atoms with van der Waals surface area (Å²) < 4.78 is 5.84. The Morgan fingerprint density at radius 3 is 2.49 bits per heavy atom. The van der Waals surface area contributed by atoms with Gasteiger partial charge in [-0.05, 0) is 48.8 Å². The highest BCUT2D eigenvalue weighted by atomic mass is 32.1. The topological polar surface area (TPSA) is 104 Å². The molecule has 3 aromatic rings. The third-order valence-electron chi connectivity index (χ3n) is 9.67. The molecule has 2 N–H and O–H groups in total. The van der Waals surface area contributed by atoms with Crippen molar-refractivity contribution >= 4 is 40.1 Å². The SMILES string of the molecule is O=C(NCc1cccs1)[C@@H]1CN(C(=O)Oc2cccc3cccnc23)CCN1C(=O)[C@@H](CC1CCCCC1)NC1CCCCC1. The van der Waals surface area contributed by atoms with E-state index in [0.29, 0.717) is 29.8 Å². The molecule has 0 bridgehead atoms. The number of fused-ring (bicyclic) bond motifs is 1. The summed E-state index contributed by atoms with van der Waals surface area (Å²) in [6.07, 6.45) is 13.7. The molecule has 1 saturated heterocycles. The van der Waals surface area contributed by atoms with Crippen molar-refractivity contribution in [2.45, 2.75) is 95.3 Å². The van der Waals surface area contributed by atoms with E-state index in [9.17, 15) is 14.4 Å². The third kappa shape index (κ3) is 8.02. The van der Waals surface area contributed by atoms with Crippen LogP contribution in [0, 0.1) is 5.92 Å². The maximum atomic E-state index is 14.4. The predicted octanol–water partition coefficient (Wildman–Crippen LogP) is 5.89. The number of pyridine rings is 1. The molecule has 6 rings (SSSR count). The molecular formula is C35H45N5O4S. The minimum absolute atomic E-state index is 0.0197. The summed E-state index contributed by atoms with van der Waals surface area (Å²) in [6, 6.07) is 12.4. The summed E-state index contributed by atoms with van der Waals surface area (Å²) >= 11 is 1.57. The predicted molar refractivity (Wildman–Crippen MR) is 176 cm³/mol. The number of nitrogens with zero attached hydrogens (tertiary/aromatic N) is 3. The third-order valence-corrected chi connectivity index (χ3v) is 10.5. The van der Waals surface area contributed by atoms with E-state index in [2.05, 4.69) is 15.6 Å². The van der Waals surface area contributed by atoms with Crippen molar-refractivity contribution in [1.29, 1.82) is 0 Å². The number of para-hydroxylation sites is 1. The maximum Gasteiger partial charge on any atom is 0.415 e. The van der Waals surface area contributed by atoms with Gasteiger partial charge in [0.05, 0.1) is 19.1 Å². The number of hydrogen-bond acceptors (Lipinski definition) is 7. The average Bonchev–Trinajstić information content (AvgIpc) is 3.61. The summed E-state index contributed by atoms with van der Waals surface area (Å²) in [5.74, 6) is 0.615. The van der Waals surface area contributed by atoms with Crippen LogP contribution < -0.4 is 15.4 Å². The van der Waals surface area contributed by atoms with Crippen LogP contribution in [-0.4, -0.2) is 70.5 Å². The van der Waals surface area contributed by atoms with Gasteiger partial charge in [-0.15, -0.1) is 11.3 Å². The first-order chi connectivity index (χ1) is 22.0. The largest absolute Gasteiger partial charge is 0.415 e. The number of rotatable bonds is 9. The van der Waals surface area contributed by atoms with Crippen LogP contribution in [0.25, 0.3) is 10.9 Å². The van der Waals surface area contributed by atoms with Crippen molar-refractivity contribution in [2.24, 2.45) is 5.92 Å². The van der Waals surface area contributed by atoms with Gasteiger partial charge in [-0.3, -0.25) is 14.6 Å². The molecule has 240 valence electrons. The number of benzene rings is 1. The van der Waals surface area contributed by atoms with Crippen molar-refractivity contribution in [1.82, 2.24) is 25.4 Å². The molecule has 3 fully saturated rings. The Hall–Kier alpha value is -3.50. The molecule has 10 heteroatoms. The zero-order valence-corrected chi connectivity index (χ0v) is 26.8. The van der Waals surface area contributed by atoms with Gasteiger partial charge in [0, 0.05) is 35.6 Å². The van der Waals surface area contributed by atoms with Gasteiger partial charge in [-0.2, -0.15) is 0 Å². The van der Waals surface area contributed by atoms with Gasteiger partial charge in [0.1, 0.15) is 11.6 Å². The van der Waals surface area contributed by atoms with Crippen LogP contribution in [-0.2, 0) is 16.1 Å². The summed E-state index contributed by atoms with van der Waals surface area (Å²) in [4.78, 5) is 50.5. The quantitative estimate of drug-likeness (QED) is 0.306. The van der Waals surface area contributed by atoms with E-state index in [1.165, 1.54) is 38.5 Å². The number of carbonyl (C=O) groups excluding carboxylic acids is 3. The fourth-order valence-corrected chi connectivity index (χ4v) is 7.85. The molecule has 0 spiro atoms. The molecule has 1 aromatic carbocycles. The second-order valence-corrected chi connectivity index (χ2v) is 13.8. The molecule has 0 radical (unpaired) electrons. The van der Waals surface area contributed by atoms with Crippen LogP contribution >= 0.6 is 11.3 Å². The summed E-state index contributed by atoms with van der Waals surface area (Å²) in [6.45, 7) is 1.01. The van der Waals surface area contributed by atoms with Gasteiger partial charge in [0.15, 0.2) is 5.75 Å². The first-order valence-electron chi connectivity index (χ1n) is 16.7.